The number of hydrogen-bond acceptors (Lipinski definition) is 3. The molecule has 2 aromatic carbocycles. The highest BCUT2D eigenvalue weighted by Gasteiger charge is 2.22. The van der Waals surface area contributed by atoms with Crippen LogP contribution in [0.15, 0.2) is 59.4 Å². The number of phenols is 1. The number of hydrogen-bond donors (Lipinski definition) is 2. The van der Waals surface area contributed by atoms with Crippen molar-refractivity contribution in [2.45, 2.75) is 19.9 Å². The number of aryl methyl sites for hydroxylation is 1. The molecule has 0 aliphatic carbocycles. The number of aromatic amines is 1. The van der Waals surface area contributed by atoms with Crippen LogP contribution < -0.4 is 5.56 Å². The number of aromatic hydroxyl groups is 1. The molecule has 3 aromatic rings. The third kappa shape index (κ3) is 3.94. The van der Waals surface area contributed by atoms with Crippen molar-refractivity contribution >= 4 is 17.5 Å². The number of phenolic OH excluding ortho intramolecular Hbond substituents is 1. The number of rotatable bonds is 4. The van der Waals surface area contributed by atoms with E-state index >= 15 is 0 Å². The minimum Gasteiger partial charge on any atom is -0.508 e. The van der Waals surface area contributed by atoms with Crippen LogP contribution in [0.4, 0.5) is 0 Å². The van der Waals surface area contributed by atoms with Crippen LogP contribution in [0.3, 0.4) is 0 Å². The van der Waals surface area contributed by atoms with Gasteiger partial charge < -0.3 is 15.0 Å². The van der Waals surface area contributed by atoms with E-state index in [4.69, 9.17) is 11.6 Å². The van der Waals surface area contributed by atoms with E-state index in [-0.39, 0.29) is 23.3 Å². The van der Waals surface area contributed by atoms with E-state index in [2.05, 4.69) is 4.98 Å². The zero-order chi connectivity index (χ0) is 20.4. The Kier molecular flexibility index (Phi) is 5.56. The van der Waals surface area contributed by atoms with Crippen molar-refractivity contribution in [3.63, 3.8) is 0 Å². The van der Waals surface area contributed by atoms with Gasteiger partial charge >= 0.3 is 0 Å². The first kappa shape index (κ1) is 19.7. The number of nitrogens with zero attached hydrogens (tertiary/aromatic N) is 1. The number of carbonyl (C=O) groups excluding carboxylic acids is 1. The summed E-state index contributed by atoms with van der Waals surface area (Å²) in [5.74, 6) is -0.220. The summed E-state index contributed by atoms with van der Waals surface area (Å²) in [6.45, 7) is 3.67. The van der Waals surface area contributed by atoms with Crippen LogP contribution in [-0.4, -0.2) is 27.9 Å². The van der Waals surface area contributed by atoms with E-state index in [0.717, 1.165) is 16.7 Å². The predicted octanol–water partition coefficient (Wildman–Crippen LogP) is 4.54. The fourth-order valence-electron chi connectivity index (χ4n) is 3.05. The molecule has 0 unspecified atom stereocenters. The van der Waals surface area contributed by atoms with Crippen molar-refractivity contribution in [1.29, 1.82) is 0 Å². The van der Waals surface area contributed by atoms with Crippen molar-refractivity contribution in [3.8, 4) is 16.9 Å². The molecule has 0 aliphatic heterocycles. The third-order valence-corrected chi connectivity index (χ3v) is 5.15. The van der Waals surface area contributed by atoms with Gasteiger partial charge in [-0.3, -0.25) is 9.59 Å². The maximum absolute atomic E-state index is 13.0. The standard InChI is InChI=1S/C22H21ClN2O3/c1-13-19(16-6-10-18(26)11-7-16)12-20(21(27)24-13)22(28)25(3)14(2)15-4-8-17(23)9-5-15/h4-12,14,26H,1-3H3,(H,24,27)/t14-/m1/s1. The topological polar surface area (TPSA) is 73.4 Å². The normalized spacial score (nSPS) is 11.9. The van der Waals surface area contributed by atoms with Crippen LogP contribution in [0, 0.1) is 6.92 Å². The van der Waals surface area contributed by atoms with Gasteiger partial charge in [0.05, 0.1) is 6.04 Å². The second-order valence-corrected chi connectivity index (χ2v) is 7.18. The van der Waals surface area contributed by atoms with Crippen LogP contribution in [0.1, 0.15) is 34.6 Å². The number of benzene rings is 2. The van der Waals surface area contributed by atoms with Gasteiger partial charge in [0.1, 0.15) is 11.3 Å². The molecule has 1 amide bonds. The summed E-state index contributed by atoms with van der Waals surface area (Å²) in [7, 11) is 1.67. The Morgan fingerprint density at radius 2 is 1.71 bits per heavy atom. The molecule has 0 radical (unpaired) electrons. The number of halogens is 1. The van der Waals surface area contributed by atoms with Gasteiger partial charge in [0.2, 0.25) is 0 Å². The molecule has 0 saturated heterocycles. The number of pyridine rings is 1. The first-order valence-electron chi connectivity index (χ1n) is 8.84. The van der Waals surface area contributed by atoms with Gasteiger partial charge in [0.25, 0.3) is 11.5 Å². The molecule has 1 heterocycles. The number of amides is 1. The second-order valence-electron chi connectivity index (χ2n) is 6.74. The zero-order valence-corrected chi connectivity index (χ0v) is 16.6. The highest BCUT2D eigenvalue weighted by atomic mass is 35.5. The predicted molar refractivity (Wildman–Crippen MR) is 111 cm³/mol. The van der Waals surface area contributed by atoms with E-state index < -0.39 is 5.56 Å². The Morgan fingerprint density at radius 3 is 2.32 bits per heavy atom. The summed E-state index contributed by atoms with van der Waals surface area (Å²) in [6, 6.07) is 15.2. The first-order valence-corrected chi connectivity index (χ1v) is 9.21. The summed E-state index contributed by atoms with van der Waals surface area (Å²) in [5.41, 5.74) is 2.74. The summed E-state index contributed by atoms with van der Waals surface area (Å²) in [6.07, 6.45) is 0. The smallest absolute Gasteiger partial charge is 0.261 e. The number of carbonyl (C=O) groups is 1. The quantitative estimate of drug-likeness (QED) is 0.679. The largest absolute Gasteiger partial charge is 0.508 e. The summed E-state index contributed by atoms with van der Waals surface area (Å²) < 4.78 is 0. The minimum absolute atomic E-state index is 0.0667. The van der Waals surface area contributed by atoms with Gasteiger partial charge in [-0.1, -0.05) is 35.9 Å². The monoisotopic (exact) mass is 396 g/mol. The van der Waals surface area contributed by atoms with Crippen molar-refractivity contribution in [3.05, 3.63) is 86.8 Å². The van der Waals surface area contributed by atoms with E-state index in [1.807, 2.05) is 19.1 Å². The van der Waals surface area contributed by atoms with Crippen molar-refractivity contribution in [2.75, 3.05) is 7.05 Å². The Balaban J connectivity index is 1.96. The van der Waals surface area contributed by atoms with Crippen LogP contribution in [0.25, 0.3) is 11.1 Å². The molecule has 0 spiro atoms. The maximum atomic E-state index is 13.0. The Hall–Kier alpha value is -3.05. The summed E-state index contributed by atoms with van der Waals surface area (Å²) in [4.78, 5) is 29.8. The molecule has 2 N–H and O–H groups in total. The van der Waals surface area contributed by atoms with E-state index in [9.17, 15) is 14.7 Å². The lowest BCUT2D eigenvalue weighted by molar-refractivity contribution is 0.0741. The average molecular weight is 397 g/mol. The van der Waals surface area contributed by atoms with Crippen molar-refractivity contribution < 1.29 is 9.90 Å². The molecule has 28 heavy (non-hydrogen) atoms. The van der Waals surface area contributed by atoms with Crippen molar-refractivity contribution in [1.82, 2.24) is 9.88 Å². The molecular formula is C22H21ClN2O3. The molecular weight excluding hydrogens is 376 g/mol. The number of H-pyrrole nitrogens is 1. The van der Waals surface area contributed by atoms with Crippen LogP contribution >= 0.6 is 11.6 Å². The van der Waals surface area contributed by atoms with Crippen LogP contribution in [0.5, 0.6) is 5.75 Å². The Morgan fingerprint density at radius 1 is 1.11 bits per heavy atom. The van der Waals surface area contributed by atoms with Gasteiger partial charge in [0.15, 0.2) is 0 Å². The fourth-order valence-corrected chi connectivity index (χ4v) is 3.18. The Labute approximate surface area is 168 Å². The van der Waals surface area contributed by atoms with Gasteiger partial charge in [-0.05, 0) is 55.3 Å². The average Bonchev–Trinajstić information content (AvgIpc) is 2.68. The molecule has 0 saturated carbocycles. The molecule has 0 fully saturated rings. The molecule has 1 atom stereocenters. The van der Waals surface area contributed by atoms with Gasteiger partial charge in [-0.25, -0.2) is 0 Å². The van der Waals surface area contributed by atoms with E-state index in [1.165, 1.54) is 4.90 Å². The zero-order valence-electron chi connectivity index (χ0n) is 15.9. The number of nitrogens with one attached hydrogen (secondary N) is 1. The molecule has 5 nitrogen and oxygen atoms in total. The lowest BCUT2D eigenvalue weighted by atomic mass is 10.0. The van der Waals surface area contributed by atoms with Gasteiger partial charge in [-0.2, -0.15) is 0 Å². The minimum atomic E-state index is -0.430. The molecule has 3 rings (SSSR count). The SMILES string of the molecule is Cc1[nH]c(=O)c(C(=O)N(C)[C@H](C)c2ccc(Cl)cc2)cc1-c1ccc(O)cc1. The summed E-state index contributed by atoms with van der Waals surface area (Å²) in [5, 5.41) is 10.1. The highest BCUT2D eigenvalue weighted by molar-refractivity contribution is 6.30. The van der Waals surface area contributed by atoms with Crippen LogP contribution in [-0.2, 0) is 0 Å². The van der Waals surface area contributed by atoms with Gasteiger partial charge in [0, 0.05) is 23.3 Å². The Bertz CT molecular complexity index is 1060. The molecule has 1 aromatic heterocycles. The molecule has 6 heteroatoms. The molecule has 0 bridgehead atoms. The number of aromatic nitrogens is 1. The van der Waals surface area contributed by atoms with Crippen LogP contribution in [0.2, 0.25) is 5.02 Å². The van der Waals surface area contributed by atoms with E-state index in [0.29, 0.717) is 10.7 Å². The second kappa shape index (κ2) is 7.90. The lowest BCUT2D eigenvalue weighted by Gasteiger charge is -2.25. The van der Waals surface area contributed by atoms with Crippen molar-refractivity contribution in [2.24, 2.45) is 0 Å². The molecule has 144 valence electrons. The highest BCUT2D eigenvalue weighted by Crippen LogP contribution is 2.26. The van der Waals surface area contributed by atoms with Gasteiger partial charge in [-0.15, -0.1) is 0 Å². The lowest BCUT2D eigenvalue weighted by Crippen LogP contribution is -2.34. The summed E-state index contributed by atoms with van der Waals surface area (Å²) >= 11 is 5.93. The fraction of sp³-hybridized carbons (Fsp3) is 0.182. The van der Waals surface area contributed by atoms with E-state index in [1.54, 1.807) is 56.4 Å². The molecule has 0 aliphatic rings. The maximum Gasteiger partial charge on any atom is 0.261 e. The third-order valence-electron chi connectivity index (χ3n) is 4.90. The first-order chi connectivity index (χ1) is 13.3.